The summed E-state index contributed by atoms with van der Waals surface area (Å²) < 4.78 is 36.8. The maximum Gasteiger partial charge on any atom is 0.261 e. The van der Waals surface area contributed by atoms with Crippen LogP contribution < -0.4 is 5.32 Å². The van der Waals surface area contributed by atoms with Crippen molar-refractivity contribution < 1.29 is 17.6 Å². The Morgan fingerprint density at radius 3 is 2.48 bits per heavy atom. The number of amides is 1. The van der Waals surface area contributed by atoms with Crippen molar-refractivity contribution in [2.24, 2.45) is 0 Å². The minimum atomic E-state index is -4.01. The smallest absolute Gasteiger partial charge is 0.261 e. The molecule has 0 spiro atoms. The molecule has 0 bridgehead atoms. The van der Waals surface area contributed by atoms with Gasteiger partial charge in [0.15, 0.2) is 0 Å². The number of aryl methyl sites for hydroxylation is 1. The van der Waals surface area contributed by atoms with Crippen LogP contribution in [-0.2, 0) is 9.05 Å². The van der Waals surface area contributed by atoms with E-state index in [2.05, 4.69) is 5.32 Å². The second-order valence-corrected chi connectivity index (χ2v) is 7.88. The molecular weight excluding hydrogens is 317 g/mol. The standard InChI is InChI=1S/C14H17ClFNO3S/c1-9-7-12(16)11(8-13(9)21(15,19)20)14(18)17-10-5-3-2-4-6-10/h7-8,10H,2-6H2,1H3,(H,17,18). The number of rotatable bonds is 3. The van der Waals surface area contributed by atoms with E-state index in [1.165, 1.54) is 6.92 Å². The quantitative estimate of drug-likeness (QED) is 0.864. The van der Waals surface area contributed by atoms with Crippen molar-refractivity contribution >= 4 is 25.6 Å². The monoisotopic (exact) mass is 333 g/mol. The lowest BCUT2D eigenvalue weighted by molar-refractivity contribution is 0.0923. The molecule has 0 radical (unpaired) electrons. The Morgan fingerprint density at radius 1 is 1.29 bits per heavy atom. The topological polar surface area (TPSA) is 63.2 Å². The Balaban J connectivity index is 2.28. The zero-order valence-corrected chi connectivity index (χ0v) is 13.2. The summed E-state index contributed by atoms with van der Waals surface area (Å²) in [4.78, 5) is 11.9. The van der Waals surface area contributed by atoms with Crippen LogP contribution in [0.5, 0.6) is 0 Å². The van der Waals surface area contributed by atoms with E-state index in [0.717, 1.165) is 44.2 Å². The first kappa shape index (κ1) is 16.2. The molecule has 2 rings (SSSR count). The Hall–Kier alpha value is -1.14. The van der Waals surface area contributed by atoms with Gasteiger partial charge in [-0.2, -0.15) is 0 Å². The molecule has 116 valence electrons. The Morgan fingerprint density at radius 2 is 1.90 bits per heavy atom. The van der Waals surface area contributed by atoms with Crippen molar-refractivity contribution in [2.45, 2.75) is 50.0 Å². The molecular formula is C14H17ClFNO3S. The molecule has 0 atom stereocenters. The van der Waals surface area contributed by atoms with Gasteiger partial charge < -0.3 is 5.32 Å². The van der Waals surface area contributed by atoms with E-state index in [0.29, 0.717) is 0 Å². The van der Waals surface area contributed by atoms with E-state index < -0.39 is 20.8 Å². The third kappa shape index (κ3) is 3.95. The lowest BCUT2D eigenvalue weighted by Gasteiger charge is -2.23. The highest BCUT2D eigenvalue weighted by atomic mass is 35.7. The summed E-state index contributed by atoms with van der Waals surface area (Å²) >= 11 is 0. The van der Waals surface area contributed by atoms with Crippen LogP contribution in [0, 0.1) is 12.7 Å². The average Bonchev–Trinajstić information content (AvgIpc) is 2.38. The van der Waals surface area contributed by atoms with Crippen LogP contribution >= 0.6 is 10.7 Å². The highest BCUT2D eigenvalue weighted by molar-refractivity contribution is 8.13. The summed E-state index contributed by atoms with van der Waals surface area (Å²) in [5, 5.41) is 2.76. The molecule has 1 aliphatic rings. The normalized spacial score (nSPS) is 16.7. The van der Waals surface area contributed by atoms with Crippen LogP contribution in [0.1, 0.15) is 48.0 Å². The summed E-state index contributed by atoms with van der Waals surface area (Å²) in [6.45, 7) is 1.43. The Bertz CT molecular complexity index is 654. The predicted molar refractivity (Wildman–Crippen MR) is 78.5 cm³/mol. The summed E-state index contributed by atoms with van der Waals surface area (Å²) in [5.41, 5.74) is -0.109. The molecule has 21 heavy (non-hydrogen) atoms. The molecule has 0 heterocycles. The number of benzene rings is 1. The third-order valence-corrected chi connectivity index (χ3v) is 5.18. The molecule has 7 heteroatoms. The fourth-order valence-electron chi connectivity index (χ4n) is 2.60. The molecule has 0 unspecified atom stereocenters. The van der Waals surface area contributed by atoms with Crippen molar-refractivity contribution in [3.8, 4) is 0 Å². The molecule has 4 nitrogen and oxygen atoms in total. The van der Waals surface area contributed by atoms with Gasteiger partial charge in [0.1, 0.15) is 5.82 Å². The molecule has 0 aliphatic heterocycles. The zero-order chi connectivity index (χ0) is 15.6. The van der Waals surface area contributed by atoms with Gasteiger partial charge in [-0.15, -0.1) is 0 Å². The fourth-order valence-corrected chi connectivity index (χ4v) is 3.80. The highest BCUT2D eigenvalue weighted by Gasteiger charge is 2.23. The van der Waals surface area contributed by atoms with Crippen LogP contribution in [0.4, 0.5) is 4.39 Å². The predicted octanol–water partition coefficient (Wildman–Crippen LogP) is 3.12. The van der Waals surface area contributed by atoms with Crippen LogP contribution in [0.2, 0.25) is 0 Å². The van der Waals surface area contributed by atoms with Crippen LogP contribution in [0.3, 0.4) is 0 Å². The van der Waals surface area contributed by atoms with Crippen molar-refractivity contribution in [3.63, 3.8) is 0 Å². The van der Waals surface area contributed by atoms with Gasteiger partial charge in [0.25, 0.3) is 15.0 Å². The number of carbonyl (C=O) groups excluding carboxylic acids is 1. The Kier molecular flexibility index (Phi) is 4.88. The van der Waals surface area contributed by atoms with Crippen molar-refractivity contribution in [1.82, 2.24) is 5.32 Å². The summed E-state index contributed by atoms with van der Waals surface area (Å²) in [5.74, 6) is -1.34. The molecule has 1 saturated carbocycles. The molecule has 0 aromatic heterocycles. The number of halogens is 2. The molecule has 1 aliphatic carbocycles. The highest BCUT2D eigenvalue weighted by Crippen LogP contribution is 2.24. The molecule has 1 aromatic carbocycles. The van der Waals surface area contributed by atoms with Gasteiger partial charge in [-0.3, -0.25) is 4.79 Å². The molecule has 1 aromatic rings. The molecule has 1 N–H and O–H groups in total. The molecule has 1 amide bonds. The fraction of sp³-hybridized carbons (Fsp3) is 0.500. The summed E-state index contributed by atoms with van der Waals surface area (Å²) in [7, 11) is 1.29. The van der Waals surface area contributed by atoms with E-state index in [-0.39, 0.29) is 22.1 Å². The second kappa shape index (κ2) is 6.32. The van der Waals surface area contributed by atoms with Crippen LogP contribution in [0.25, 0.3) is 0 Å². The van der Waals surface area contributed by atoms with Crippen molar-refractivity contribution in [2.75, 3.05) is 0 Å². The van der Waals surface area contributed by atoms with Crippen molar-refractivity contribution in [1.29, 1.82) is 0 Å². The number of nitrogens with one attached hydrogen (secondary N) is 1. The third-order valence-electron chi connectivity index (χ3n) is 3.71. The van der Waals surface area contributed by atoms with Gasteiger partial charge in [0, 0.05) is 16.7 Å². The molecule has 1 fully saturated rings. The molecule has 0 saturated heterocycles. The lowest BCUT2D eigenvalue weighted by atomic mass is 9.95. The average molecular weight is 334 g/mol. The van der Waals surface area contributed by atoms with Crippen LogP contribution in [0.15, 0.2) is 17.0 Å². The lowest BCUT2D eigenvalue weighted by Crippen LogP contribution is -2.36. The van der Waals surface area contributed by atoms with E-state index >= 15 is 0 Å². The zero-order valence-electron chi connectivity index (χ0n) is 11.7. The van der Waals surface area contributed by atoms with Gasteiger partial charge in [-0.05, 0) is 37.5 Å². The first-order valence-electron chi connectivity index (χ1n) is 6.84. The number of carbonyl (C=O) groups is 1. The second-order valence-electron chi connectivity index (χ2n) is 5.34. The minimum Gasteiger partial charge on any atom is -0.349 e. The summed E-state index contributed by atoms with van der Waals surface area (Å²) in [6, 6.07) is 2.04. The number of hydrogen-bond donors (Lipinski definition) is 1. The van der Waals surface area contributed by atoms with Crippen LogP contribution in [-0.4, -0.2) is 20.4 Å². The Labute approximate surface area is 128 Å². The van der Waals surface area contributed by atoms with E-state index in [4.69, 9.17) is 10.7 Å². The maximum atomic E-state index is 13.9. The van der Waals surface area contributed by atoms with Gasteiger partial charge in [-0.1, -0.05) is 19.3 Å². The summed E-state index contributed by atoms with van der Waals surface area (Å²) in [6.07, 6.45) is 4.92. The van der Waals surface area contributed by atoms with E-state index in [1.807, 2.05) is 0 Å². The first-order chi connectivity index (χ1) is 9.79. The van der Waals surface area contributed by atoms with Gasteiger partial charge in [-0.25, -0.2) is 12.8 Å². The SMILES string of the molecule is Cc1cc(F)c(C(=O)NC2CCCCC2)cc1S(=O)(=O)Cl. The van der Waals surface area contributed by atoms with Gasteiger partial charge >= 0.3 is 0 Å². The van der Waals surface area contributed by atoms with E-state index in [9.17, 15) is 17.6 Å². The first-order valence-corrected chi connectivity index (χ1v) is 9.15. The largest absolute Gasteiger partial charge is 0.349 e. The van der Waals surface area contributed by atoms with Gasteiger partial charge in [0.05, 0.1) is 10.5 Å². The number of hydrogen-bond acceptors (Lipinski definition) is 3. The maximum absolute atomic E-state index is 13.9. The van der Waals surface area contributed by atoms with Gasteiger partial charge in [0.2, 0.25) is 0 Å². The van der Waals surface area contributed by atoms with E-state index in [1.54, 1.807) is 0 Å². The minimum absolute atomic E-state index is 0.0167. The van der Waals surface area contributed by atoms with Crippen molar-refractivity contribution in [3.05, 3.63) is 29.1 Å².